The number of halogens is 1. The van der Waals surface area contributed by atoms with Gasteiger partial charge in [-0.25, -0.2) is 0 Å². The molecule has 1 atom stereocenters. The Kier molecular flexibility index (Phi) is 5.85. The van der Waals surface area contributed by atoms with Crippen LogP contribution in [-0.2, 0) is 9.53 Å². The molecule has 0 bridgehead atoms. The van der Waals surface area contributed by atoms with E-state index in [0.717, 1.165) is 32.3 Å². The van der Waals surface area contributed by atoms with E-state index in [-0.39, 0.29) is 23.8 Å². The molecule has 1 unspecified atom stereocenters. The van der Waals surface area contributed by atoms with Gasteiger partial charge in [-0.1, -0.05) is 11.6 Å². The third-order valence-electron chi connectivity index (χ3n) is 4.66. The van der Waals surface area contributed by atoms with Gasteiger partial charge in [-0.3, -0.25) is 9.59 Å². The molecular weight excluding hydrogens is 400 g/mol. The number of hydrogen-bond donors (Lipinski definition) is 2. The van der Waals surface area contributed by atoms with Crippen molar-refractivity contribution >= 4 is 45.4 Å². The minimum Gasteiger partial charge on any atom is -0.489 e. The molecule has 8 heteroatoms. The highest BCUT2D eigenvalue weighted by Gasteiger charge is 2.30. The van der Waals surface area contributed by atoms with Crippen LogP contribution in [0.15, 0.2) is 30.3 Å². The van der Waals surface area contributed by atoms with E-state index in [1.807, 2.05) is 0 Å². The molecule has 2 amide bonds. The second-order valence-corrected chi connectivity index (χ2v) is 8.49. The van der Waals surface area contributed by atoms with Crippen LogP contribution in [0.2, 0.25) is 5.02 Å². The quantitative estimate of drug-likeness (QED) is 0.688. The van der Waals surface area contributed by atoms with Crippen LogP contribution in [0.5, 0.6) is 5.75 Å². The molecule has 1 aromatic heterocycles. The van der Waals surface area contributed by atoms with E-state index in [0.29, 0.717) is 32.9 Å². The highest BCUT2D eigenvalue weighted by atomic mass is 35.5. The van der Waals surface area contributed by atoms with Crippen LogP contribution < -0.4 is 15.4 Å². The first-order chi connectivity index (χ1) is 13.6. The van der Waals surface area contributed by atoms with Crippen molar-refractivity contribution in [2.45, 2.75) is 31.8 Å². The van der Waals surface area contributed by atoms with E-state index >= 15 is 0 Å². The highest BCUT2D eigenvalue weighted by molar-refractivity contribution is 7.18. The van der Waals surface area contributed by atoms with E-state index in [1.165, 1.54) is 11.3 Å². The van der Waals surface area contributed by atoms with E-state index < -0.39 is 0 Å². The minimum atomic E-state index is -0.277. The van der Waals surface area contributed by atoms with Crippen LogP contribution in [0.4, 0.5) is 10.7 Å². The number of benzene rings is 1. The maximum absolute atomic E-state index is 12.6. The van der Waals surface area contributed by atoms with Gasteiger partial charge in [0.25, 0.3) is 5.91 Å². The monoisotopic (exact) mass is 420 g/mol. The Morgan fingerprint density at radius 1 is 1.18 bits per heavy atom. The SMILES string of the molecule is O=C(Nc1cc(Cl)ccc1OCC1CCCO1)c1ccc(NC(=O)C2CC2)s1. The molecule has 1 aliphatic heterocycles. The van der Waals surface area contributed by atoms with Crippen molar-refractivity contribution in [3.8, 4) is 5.75 Å². The van der Waals surface area contributed by atoms with Gasteiger partial charge in [0.1, 0.15) is 12.4 Å². The lowest BCUT2D eigenvalue weighted by Crippen LogP contribution is -2.18. The van der Waals surface area contributed by atoms with Crippen LogP contribution in [0, 0.1) is 5.92 Å². The van der Waals surface area contributed by atoms with Crippen molar-refractivity contribution in [1.82, 2.24) is 0 Å². The third kappa shape index (κ3) is 4.84. The fraction of sp³-hybridized carbons (Fsp3) is 0.400. The molecule has 1 aliphatic carbocycles. The van der Waals surface area contributed by atoms with Gasteiger partial charge in [0.15, 0.2) is 0 Å². The summed E-state index contributed by atoms with van der Waals surface area (Å²) in [6, 6.07) is 8.56. The van der Waals surface area contributed by atoms with Crippen LogP contribution in [0.25, 0.3) is 0 Å². The summed E-state index contributed by atoms with van der Waals surface area (Å²) in [7, 11) is 0. The van der Waals surface area contributed by atoms with Gasteiger partial charge in [0.2, 0.25) is 5.91 Å². The van der Waals surface area contributed by atoms with Crippen molar-refractivity contribution in [1.29, 1.82) is 0 Å². The van der Waals surface area contributed by atoms with Crippen molar-refractivity contribution in [2.75, 3.05) is 23.8 Å². The number of thiophene rings is 1. The summed E-state index contributed by atoms with van der Waals surface area (Å²) in [5.41, 5.74) is 0.507. The van der Waals surface area contributed by atoms with Crippen molar-refractivity contribution in [2.24, 2.45) is 5.92 Å². The van der Waals surface area contributed by atoms with Crippen LogP contribution >= 0.6 is 22.9 Å². The molecule has 2 heterocycles. The molecule has 4 rings (SSSR count). The molecule has 1 saturated carbocycles. The Balaban J connectivity index is 1.41. The van der Waals surface area contributed by atoms with Gasteiger partial charge in [-0.2, -0.15) is 0 Å². The molecule has 2 N–H and O–H groups in total. The van der Waals surface area contributed by atoms with E-state index in [1.54, 1.807) is 30.3 Å². The molecule has 2 aliphatic rings. The predicted octanol–water partition coefficient (Wildman–Crippen LogP) is 4.56. The second-order valence-electron chi connectivity index (χ2n) is 6.97. The Morgan fingerprint density at radius 3 is 2.79 bits per heavy atom. The Bertz CT molecular complexity index is 875. The lowest BCUT2D eigenvalue weighted by Gasteiger charge is -2.15. The Hall–Kier alpha value is -2.09. The van der Waals surface area contributed by atoms with Crippen LogP contribution in [0.3, 0.4) is 0 Å². The summed E-state index contributed by atoms with van der Waals surface area (Å²) in [6.07, 6.45) is 3.96. The molecule has 28 heavy (non-hydrogen) atoms. The minimum absolute atomic E-state index is 0.0217. The number of rotatable bonds is 7. The molecule has 6 nitrogen and oxygen atoms in total. The zero-order valence-corrected chi connectivity index (χ0v) is 16.8. The van der Waals surface area contributed by atoms with Crippen molar-refractivity contribution in [3.05, 3.63) is 40.2 Å². The first-order valence-corrected chi connectivity index (χ1v) is 10.5. The van der Waals surface area contributed by atoms with Crippen molar-refractivity contribution < 1.29 is 19.1 Å². The van der Waals surface area contributed by atoms with E-state index in [2.05, 4.69) is 10.6 Å². The van der Waals surface area contributed by atoms with Gasteiger partial charge >= 0.3 is 0 Å². The standard InChI is InChI=1S/C20H21ClN2O4S/c21-13-5-6-16(27-11-14-2-1-9-26-14)15(10-13)22-20(25)17-7-8-18(28-17)23-19(24)12-3-4-12/h5-8,10,12,14H,1-4,9,11H2,(H,22,25)(H,23,24). The van der Waals surface area contributed by atoms with Gasteiger partial charge in [-0.15, -0.1) is 11.3 Å². The molecule has 1 saturated heterocycles. The van der Waals surface area contributed by atoms with Gasteiger partial charge < -0.3 is 20.1 Å². The first kappa shape index (κ1) is 19.2. The normalized spacial score (nSPS) is 18.7. The smallest absolute Gasteiger partial charge is 0.265 e. The fourth-order valence-corrected chi connectivity index (χ4v) is 3.94. The third-order valence-corrected chi connectivity index (χ3v) is 5.90. The Labute approximate surface area is 172 Å². The lowest BCUT2D eigenvalue weighted by atomic mass is 10.2. The number of carbonyl (C=O) groups excluding carboxylic acids is 2. The number of anilines is 2. The largest absolute Gasteiger partial charge is 0.489 e. The predicted molar refractivity (Wildman–Crippen MR) is 110 cm³/mol. The molecule has 2 aromatic rings. The number of ether oxygens (including phenoxy) is 2. The summed E-state index contributed by atoms with van der Waals surface area (Å²) in [4.78, 5) is 25.0. The average Bonchev–Trinajstić information content (AvgIpc) is 3.20. The zero-order chi connectivity index (χ0) is 19.5. The molecule has 1 aromatic carbocycles. The van der Waals surface area contributed by atoms with Crippen LogP contribution in [-0.4, -0.2) is 31.1 Å². The fourth-order valence-electron chi connectivity index (χ4n) is 2.96. The number of hydrogen-bond acceptors (Lipinski definition) is 5. The molecule has 148 valence electrons. The maximum atomic E-state index is 12.6. The number of amides is 2. The summed E-state index contributed by atoms with van der Waals surface area (Å²) in [6.45, 7) is 1.19. The zero-order valence-electron chi connectivity index (χ0n) is 15.2. The van der Waals surface area contributed by atoms with Crippen LogP contribution in [0.1, 0.15) is 35.4 Å². The highest BCUT2D eigenvalue weighted by Crippen LogP contribution is 2.33. The van der Waals surface area contributed by atoms with E-state index in [9.17, 15) is 9.59 Å². The lowest BCUT2D eigenvalue weighted by molar-refractivity contribution is -0.117. The van der Waals surface area contributed by atoms with Gasteiger partial charge in [0, 0.05) is 17.5 Å². The summed E-state index contributed by atoms with van der Waals surface area (Å²) >= 11 is 7.33. The van der Waals surface area contributed by atoms with E-state index in [4.69, 9.17) is 21.1 Å². The Morgan fingerprint density at radius 2 is 2.04 bits per heavy atom. The topological polar surface area (TPSA) is 76.7 Å². The van der Waals surface area contributed by atoms with Gasteiger partial charge in [-0.05, 0) is 56.0 Å². The molecule has 2 fully saturated rings. The van der Waals surface area contributed by atoms with Crippen molar-refractivity contribution in [3.63, 3.8) is 0 Å². The average molecular weight is 421 g/mol. The summed E-state index contributed by atoms with van der Waals surface area (Å²) < 4.78 is 11.4. The second kappa shape index (κ2) is 8.51. The summed E-state index contributed by atoms with van der Waals surface area (Å²) in [5.74, 6) is 0.413. The molecular formula is C20H21ClN2O4S. The number of carbonyl (C=O) groups is 2. The molecule has 0 spiro atoms. The molecule has 0 radical (unpaired) electrons. The van der Waals surface area contributed by atoms with Gasteiger partial charge in [0.05, 0.1) is 21.7 Å². The number of nitrogens with one attached hydrogen (secondary N) is 2. The summed E-state index contributed by atoms with van der Waals surface area (Å²) in [5, 5.41) is 6.88. The first-order valence-electron chi connectivity index (χ1n) is 9.34. The maximum Gasteiger partial charge on any atom is 0.265 e.